The predicted molar refractivity (Wildman–Crippen MR) is 80.9 cm³/mol. The summed E-state index contributed by atoms with van der Waals surface area (Å²) in [6, 6.07) is 5.84. The number of carbonyl (C=O) groups excluding carboxylic acids is 1. The second kappa shape index (κ2) is 6.39. The fourth-order valence-electron chi connectivity index (χ4n) is 2.28. The second-order valence-corrected chi connectivity index (χ2v) is 5.16. The van der Waals surface area contributed by atoms with Gasteiger partial charge in [-0.05, 0) is 19.1 Å². The maximum atomic E-state index is 13.4. The Labute approximate surface area is 131 Å². The van der Waals surface area contributed by atoms with E-state index >= 15 is 0 Å². The zero-order chi connectivity index (χ0) is 16.2. The number of rotatable bonds is 5. The first-order valence-corrected chi connectivity index (χ1v) is 7.06. The molecule has 0 bridgehead atoms. The van der Waals surface area contributed by atoms with Crippen molar-refractivity contribution in [2.45, 2.75) is 19.5 Å². The van der Waals surface area contributed by atoms with Crippen molar-refractivity contribution in [2.75, 3.05) is 0 Å². The van der Waals surface area contributed by atoms with Gasteiger partial charge in [0.2, 0.25) is 0 Å². The van der Waals surface area contributed by atoms with E-state index in [1.807, 2.05) is 6.92 Å². The number of aromatic amines is 1. The lowest BCUT2D eigenvalue weighted by Crippen LogP contribution is -2.35. The van der Waals surface area contributed by atoms with E-state index in [-0.39, 0.29) is 17.8 Å². The highest BCUT2D eigenvalue weighted by Gasteiger charge is 2.17. The van der Waals surface area contributed by atoms with Crippen molar-refractivity contribution in [3.8, 4) is 11.3 Å². The van der Waals surface area contributed by atoms with Crippen molar-refractivity contribution < 1.29 is 9.18 Å². The van der Waals surface area contributed by atoms with E-state index in [9.17, 15) is 9.18 Å². The molecule has 2 N–H and O–H groups in total. The van der Waals surface area contributed by atoms with Gasteiger partial charge >= 0.3 is 0 Å². The maximum absolute atomic E-state index is 13.4. The van der Waals surface area contributed by atoms with Crippen LogP contribution in [0.25, 0.3) is 11.3 Å². The van der Waals surface area contributed by atoms with Gasteiger partial charge in [0, 0.05) is 11.6 Å². The zero-order valence-electron chi connectivity index (χ0n) is 12.4. The highest BCUT2D eigenvalue weighted by atomic mass is 19.1. The Kier molecular flexibility index (Phi) is 4.13. The molecular formula is C15H15FN6O. The molecule has 2 heterocycles. The lowest BCUT2D eigenvalue weighted by Gasteiger charge is -2.13. The standard InChI is InChI=1S/C15H15FN6O/c1-10(7-22-9-17-8-19-22)20-15(23)13-6-18-21-14(13)11-3-2-4-12(16)5-11/h2-6,8-10H,7H2,1H3,(H,18,21)(H,20,23)/t10-/m0/s1. The smallest absolute Gasteiger partial charge is 0.255 e. The van der Waals surface area contributed by atoms with Gasteiger partial charge in [0.05, 0.1) is 24.0 Å². The molecular weight excluding hydrogens is 299 g/mol. The molecule has 0 unspecified atom stereocenters. The molecule has 1 amide bonds. The fourth-order valence-corrected chi connectivity index (χ4v) is 2.28. The van der Waals surface area contributed by atoms with E-state index < -0.39 is 0 Å². The normalized spacial score (nSPS) is 12.1. The van der Waals surface area contributed by atoms with Gasteiger partial charge in [0.25, 0.3) is 5.91 Å². The second-order valence-electron chi connectivity index (χ2n) is 5.16. The Bertz CT molecular complexity index is 798. The van der Waals surface area contributed by atoms with Crippen LogP contribution < -0.4 is 5.32 Å². The van der Waals surface area contributed by atoms with Crippen LogP contribution in [0.5, 0.6) is 0 Å². The number of hydrogen-bond acceptors (Lipinski definition) is 4. The summed E-state index contributed by atoms with van der Waals surface area (Å²) in [4.78, 5) is 16.3. The van der Waals surface area contributed by atoms with E-state index in [0.29, 0.717) is 23.4 Å². The molecule has 0 radical (unpaired) electrons. The number of carbonyl (C=O) groups is 1. The summed E-state index contributed by atoms with van der Waals surface area (Å²) < 4.78 is 15.0. The van der Waals surface area contributed by atoms with E-state index in [4.69, 9.17) is 0 Å². The highest BCUT2D eigenvalue weighted by Crippen LogP contribution is 2.21. The van der Waals surface area contributed by atoms with Crippen molar-refractivity contribution >= 4 is 5.91 Å². The number of nitrogens with zero attached hydrogens (tertiary/aromatic N) is 4. The summed E-state index contributed by atoms with van der Waals surface area (Å²) in [6.45, 7) is 2.36. The first-order valence-electron chi connectivity index (χ1n) is 7.06. The van der Waals surface area contributed by atoms with Crippen LogP contribution in [0.3, 0.4) is 0 Å². The molecule has 0 spiro atoms. The minimum Gasteiger partial charge on any atom is -0.348 e. The van der Waals surface area contributed by atoms with Crippen LogP contribution in [-0.4, -0.2) is 36.9 Å². The van der Waals surface area contributed by atoms with Crippen molar-refractivity contribution in [1.82, 2.24) is 30.3 Å². The largest absolute Gasteiger partial charge is 0.348 e. The van der Waals surface area contributed by atoms with Gasteiger partial charge in [-0.1, -0.05) is 12.1 Å². The summed E-state index contributed by atoms with van der Waals surface area (Å²) in [5.41, 5.74) is 1.41. The van der Waals surface area contributed by atoms with E-state index in [0.717, 1.165) is 0 Å². The number of aromatic nitrogens is 5. The summed E-state index contributed by atoms with van der Waals surface area (Å²) in [6.07, 6.45) is 4.45. The third-order valence-electron chi connectivity index (χ3n) is 3.30. The van der Waals surface area contributed by atoms with Crippen LogP contribution in [0.15, 0.2) is 43.1 Å². The number of amides is 1. The molecule has 1 atom stereocenters. The van der Waals surface area contributed by atoms with Crippen LogP contribution in [0.2, 0.25) is 0 Å². The lowest BCUT2D eigenvalue weighted by molar-refractivity contribution is 0.0936. The fraction of sp³-hybridized carbons (Fsp3) is 0.200. The Morgan fingerprint density at radius 2 is 2.35 bits per heavy atom. The van der Waals surface area contributed by atoms with Crippen LogP contribution in [0, 0.1) is 5.82 Å². The van der Waals surface area contributed by atoms with Gasteiger partial charge in [-0.2, -0.15) is 10.2 Å². The topological polar surface area (TPSA) is 88.5 Å². The zero-order valence-corrected chi connectivity index (χ0v) is 12.4. The van der Waals surface area contributed by atoms with E-state index in [2.05, 4.69) is 25.6 Å². The molecule has 0 aliphatic carbocycles. The summed E-state index contributed by atoms with van der Waals surface area (Å²) in [7, 11) is 0. The maximum Gasteiger partial charge on any atom is 0.255 e. The lowest BCUT2D eigenvalue weighted by atomic mass is 10.1. The highest BCUT2D eigenvalue weighted by molar-refractivity contribution is 5.99. The van der Waals surface area contributed by atoms with E-state index in [1.54, 1.807) is 23.1 Å². The summed E-state index contributed by atoms with van der Waals surface area (Å²) in [5.74, 6) is -0.659. The van der Waals surface area contributed by atoms with Gasteiger partial charge in [-0.15, -0.1) is 0 Å². The first kappa shape index (κ1) is 14.9. The molecule has 0 fully saturated rings. The summed E-state index contributed by atoms with van der Waals surface area (Å²) >= 11 is 0. The molecule has 3 aromatic rings. The third-order valence-corrected chi connectivity index (χ3v) is 3.30. The Morgan fingerprint density at radius 3 is 3.09 bits per heavy atom. The number of hydrogen-bond donors (Lipinski definition) is 2. The minimum absolute atomic E-state index is 0.153. The molecule has 0 aliphatic rings. The van der Waals surface area contributed by atoms with Gasteiger partial charge in [-0.3, -0.25) is 14.6 Å². The molecule has 0 saturated carbocycles. The Morgan fingerprint density at radius 1 is 1.48 bits per heavy atom. The predicted octanol–water partition coefficient (Wildman–Crippen LogP) is 1.63. The average molecular weight is 314 g/mol. The quantitative estimate of drug-likeness (QED) is 0.749. The molecule has 1 aromatic carbocycles. The number of halogens is 1. The number of H-pyrrole nitrogens is 1. The molecule has 118 valence electrons. The van der Waals surface area contributed by atoms with Gasteiger partial charge in [0.15, 0.2) is 0 Å². The van der Waals surface area contributed by atoms with Crippen LogP contribution in [-0.2, 0) is 6.54 Å². The Balaban J connectivity index is 1.74. The SMILES string of the molecule is C[C@@H](Cn1cncn1)NC(=O)c1cn[nH]c1-c1cccc(F)c1. The van der Waals surface area contributed by atoms with Gasteiger partial charge in [0.1, 0.15) is 18.5 Å². The molecule has 3 rings (SSSR count). The molecule has 23 heavy (non-hydrogen) atoms. The molecule has 8 heteroatoms. The van der Waals surface area contributed by atoms with Crippen molar-refractivity contribution in [2.24, 2.45) is 0 Å². The van der Waals surface area contributed by atoms with Crippen molar-refractivity contribution in [3.63, 3.8) is 0 Å². The summed E-state index contributed by atoms with van der Waals surface area (Å²) in [5, 5.41) is 13.5. The molecule has 0 saturated heterocycles. The molecule has 2 aromatic heterocycles. The first-order chi connectivity index (χ1) is 11.1. The Hall–Kier alpha value is -3.03. The molecule has 0 aliphatic heterocycles. The van der Waals surface area contributed by atoms with Crippen molar-refractivity contribution in [3.05, 3.63) is 54.5 Å². The minimum atomic E-state index is -0.372. The van der Waals surface area contributed by atoms with E-state index in [1.165, 1.54) is 24.7 Å². The van der Waals surface area contributed by atoms with Gasteiger partial charge in [-0.25, -0.2) is 9.37 Å². The van der Waals surface area contributed by atoms with Crippen molar-refractivity contribution in [1.29, 1.82) is 0 Å². The number of benzene rings is 1. The van der Waals surface area contributed by atoms with Crippen LogP contribution in [0.4, 0.5) is 4.39 Å². The monoisotopic (exact) mass is 314 g/mol. The molecule has 7 nitrogen and oxygen atoms in total. The van der Waals surface area contributed by atoms with Gasteiger partial charge < -0.3 is 5.32 Å². The van der Waals surface area contributed by atoms with Crippen LogP contribution in [0.1, 0.15) is 17.3 Å². The third kappa shape index (κ3) is 3.42. The average Bonchev–Trinajstić information content (AvgIpc) is 3.17. The van der Waals surface area contributed by atoms with Crippen LogP contribution >= 0.6 is 0 Å². The number of nitrogens with one attached hydrogen (secondary N) is 2.